The van der Waals surface area contributed by atoms with Crippen LogP contribution < -0.4 is 10.1 Å². The molecule has 0 saturated carbocycles. The number of aryl methyl sites for hydroxylation is 2. The van der Waals surface area contributed by atoms with Gasteiger partial charge in [0, 0.05) is 0 Å². The van der Waals surface area contributed by atoms with Crippen molar-refractivity contribution in [1.82, 2.24) is 5.32 Å². The smallest absolute Gasteiger partial charge is 0.131 e. The molecule has 78 valence electrons. The summed E-state index contributed by atoms with van der Waals surface area (Å²) in [5.41, 5.74) is 2.95. The molecule has 0 aliphatic heterocycles. The Morgan fingerprint density at radius 2 is 1.93 bits per heavy atom. The van der Waals surface area contributed by atoms with E-state index in [2.05, 4.69) is 5.32 Å². The van der Waals surface area contributed by atoms with E-state index < -0.39 is 6.23 Å². The summed E-state index contributed by atoms with van der Waals surface area (Å²) in [6.07, 6.45) is -0.611. The lowest BCUT2D eigenvalue weighted by Crippen LogP contribution is -2.16. The summed E-state index contributed by atoms with van der Waals surface area (Å²) in [7, 11) is 3.37. The van der Waals surface area contributed by atoms with Gasteiger partial charge in [-0.25, -0.2) is 0 Å². The molecule has 0 aromatic heterocycles. The molecule has 3 heteroatoms. The number of aliphatic hydroxyl groups is 1. The van der Waals surface area contributed by atoms with Crippen molar-refractivity contribution in [3.05, 3.63) is 28.8 Å². The summed E-state index contributed by atoms with van der Waals surface area (Å²) in [4.78, 5) is 0. The van der Waals surface area contributed by atoms with Gasteiger partial charge in [0.05, 0.1) is 7.11 Å². The summed E-state index contributed by atoms with van der Waals surface area (Å²) in [5.74, 6) is 0.856. The van der Waals surface area contributed by atoms with Crippen molar-refractivity contribution in [3.63, 3.8) is 0 Å². The monoisotopic (exact) mass is 195 g/mol. The molecule has 0 aliphatic carbocycles. The van der Waals surface area contributed by atoms with Crippen LogP contribution >= 0.6 is 0 Å². The number of ether oxygens (including phenoxy) is 1. The highest BCUT2D eigenvalue weighted by Gasteiger charge is 2.10. The van der Waals surface area contributed by atoms with Gasteiger partial charge >= 0.3 is 0 Å². The predicted octanol–water partition coefficient (Wildman–Crippen LogP) is 1.52. The predicted molar refractivity (Wildman–Crippen MR) is 56.5 cm³/mol. The van der Waals surface area contributed by atoms with E-state index in [-0.39, 0.29) is 0 Å². The average Bonchev–Trinajstić information content (AvgIpc) is 2.19. The number of benzene rings is 1. The van der Waals surface area contributed by atoms with Crippen molar-refractivity contribution >= 4 is 0 Å². The third kappa shape index (κ3) is 2.05. The van der Waals surface area contributed by atoms with Crippen molar-refractivity contribution in [2.24, 2.45) is 0 Å². The number of hydrogen-bond donors (Lipinski definition) is 2. The second-order valence-corrected chi connectivity index (χ2v) is 3.37. The van der Waals surface area contributed by atoms with Gasteiger partial charge in [0.15, 0.2) is 0 Å². The van der Waals surface area contributed by atoms with Gasteiger partial charge in [-0.15, -0.1) is 0 Å². The number of rotatable bonds is 3. The molecule has 1 aromatic rings. The van der Waals surface area contributed by atoms with Crippen LogP contribution in [0.25, 0.3) is 0 Å². The van der Waals surface area contributed by atoms with Crippen LogP contribution in [0.4, 0.5) is 0 Å². The van der Waals surface area contributed by atoms with E-state index in [1.54, 1.807) is 14.2 Å². The van der Waals surface area contributed by atoms with E-state index in [9.17, 15) is 5.11 Å². The summed E-state index contributed by atoms with van der Waals surface area (Å²) in [6.45, 7) is 3.92. The molecule has 0 heterocycles. The van der Waals surface area contributed by atoms with E-state index in [0.717, 1.165) is 22.4 Å². The van der Waals surface area contributed by atoms with Crippen molar-refractivity contribution in [2.75, 3.05) is 14.2 Å². The molecule has 1 unspecified atom stereocenters. The number of hydrogen-bond acceptors (Lipinski definition) is 3. The average molecular weight is 195 g/mol. The Morgan fingerprint density at radius 3 is 2.43 bits per heavy atom. The standard InChI is InChI=1S/C11H17NO2/c1-7-6-10(14-4)8(2)5-9(7)11(13)12-3/h5-6,11-13H,1-4H3. The molecule has 14 heavy (non-hydrogen) atoms. The second kappa shape index (κ2) is 4.44. The highest BCUT2D eigenvalue weighted by Crippen LogP contribution is 2.25. The molecule has 0 radical (unpaired) electrons. The molecule has 0 fully saturated rings. The van der Waals surface area contributed by atoms with Gasteiger partial charge in [-0.3, -0.25) is 5.32 Å². The van der Waals surface area contributed by atoms with Crippen molar-refractivity contribution < 1.29 is 9.84 Å². The Morgan fingerprint density at radius 1 is 1.29 bits per heavy atom. The Bertz CT molecular complexity index is 323. The van der Waals surface area contributed by atoms with Crippen LogP contribution in [0, 0.1) is 13.8 Å². The maximum absolute atomic E-state index is 9.65. The Kier molecular flexibility index (Phi) is 3.49. The normalized spacial score (nSPS) is 12.6. The molecule has 3 nitrogen and oxygen atoms in total. The van der Waals surface area contributed by atoms with Gasteiger partial charge in [0.2, 0.25) is 0 Å². The Hall–Kier alpha value is -1.06. The van der Waals surface area contributed by atoms with Crippen molar-refractivity contribution in [3.8, 4) is 5.75 Å². The van der Waals surface area contributed by atoms with Gasteiger partial charge in [0.25, 0.3) is 0 Å². The zero-order chi connectivity index (χ0) is 10.7. The molecule has 0 saturated heterocycles. The first-order chi connectivity index (χ1) is 6.60. The number of methoxy groups -OCH3 is 1. The minimum Gasteiger partial charge on any atom is -0.496 e. The van der Waals surface area contributed by atoms with Crippen LogP contribution in [0.15, 0.2) is 12.1 Å². The third-order valence-corrected chi connectivity index (χ3v) is 2.35. The molecular weight excluding hydrogens is 178 g/mol. The second-order valence-electron chi connectivity index (χ2n) is 3.37. The minimum atomic E-state index is -0.611. The Balaban J connectivity index is 3.14. The zero-order valence-corrected chi connectivity index (χ0v) is 9.09. The largest absolute Gasteiger partial charge is 0.496 e. The number of nitrogens with one attached hydrogen (secondary N) is 1. The van der Waals surface area contributed by atoms with E-state index in [1.165, 1.54) is 0 Å². The molecule has 0 aliphatic rings. The topological polar surface area (TPSA) is 41.5 Å². The highest BCUT2D eigenvalue weighted by molar-refractivity contribution is 5.42. The van der Waals surface area contributed by atoms with Gasteiger partial charge in [0.1, 0.15) is 12.0 Å². The van der Waals surface area contributed by atoms with Crippen LogP contribution in [0.5, 0.6) is 5.75 Å². The molecule has 1 atom stereocenters. The fourth-order valence-corrected chi connectivity index (χ4v) is 1.48. The fraction of sp³-hybridized carbons (Fsp3) is 0.455. The van der Waals surface area contributed by atoms with E-state index in [4.69, 9.17) is 4.74 Å². The lowest BCUT2D eigenvalue weighted by Gasteiger charge is -2.15. The summed E-state index contributed by atoms with van der Waals surface area (Å²) >= 11 is 0. The molecule has 0 bridgehead atoms. The van der Waals surface area contributed by atoms with E-state index in [1.807, 2.05) is 26.0 Å². The minimum absolute atomic E-state index is 0.611. The Labute approximate surface area is 84.7 Å². The van der Waals surface area contributed by atoms with Crippen LogP contribution in [-0.4, -0.2) is 19.3 Å². The van der Waals surface area contributed by atoms with Crippen LogP contribution in [0.1, 0.15) is 22.9 Å². The van der Waals surface area contributed by atoms with Gasteiger partial charge in [-0.1, -0.05) is 0 Å². The first-order valence-electron chi connectivity index (χ1n) is 4.60. The van der Waals surface area contributed by atoms with Gasteiger partial charge in [-0.05, 0) is 49.7 Å². The lowest BCUT2D eigenvalue weighted by atomic mass is 10.0. The van der Waals surface area contributed by atoms with Gasteiger partial charge in [-0.2, -0.15) is 0 Å². The first kappa shape index (κ1) is 11.0. The van der Waals surface area contributed by atoms with Crippen LogP contribution in [0.3, 0.4) is 0 Å². The van der Waals surface area contributed by atoms with Gasteiger partial charge < -0.3 is 9.84 Å². The number of aliphatic hydroxyl groups excluding tert-OH is 1. The lowest BCUT2D eigenvalue weighted by molar-refractivity contribution is 0.148. The maximum atomic E-state index is 9.65. The summed E-state index contributed by atoms with van der Waals surface area (Å²) in [6, 6.07) is 3.88. The third-order valence-electron chi connectivity index (χ3n) is 2.35. The molecule has 1 aromatic carbocycles. The van der Waals surface area contributed by atoms with E-state index in [0.29, 0.717) is 0 Å². The molecule has 2 N–H and O–H groups in total. The fourth-order valence-electron chi connectivity index (χ4n) is 1.48. The van der Waals surface area contributed by atoms with Crippen molar-refractivity contribution in [2.45, 2.75) is 20.1 Å². The zero-order valence-electron chi connectivity index (χ0n) is 9.09. The molecular formula is C11H17NO2. The van der Waals surface area contributed by atoms with Crippen molar-refractivity contribution in [1.29, 1.82) is 0 Å². The van der Waals surface area contributed by atoms with Crippen LogP contribution in [-0.2, 0) is 0 Å². The summed E-state index contributed by atoms with van der Waals surface area (Å²) in [5, 5.41) is 12.4. The SMILES string of the molecule is CNC(O)c1cc(C)c(OC)cc1C. The molecule has 0 amide bonds. The first-order valence-corrected chi connectivity index (χ1v) is 4.60. The van der Waals surface area contributed by atoms with E-state index >= 15 is 0 Å². The van der Waals surface area contributed by atoms with Crippen LogP contribution in [0.2, 0.25) is 0 Å². The highest BCUT2D eigenvalue weighted by atomic mass is 16.5. The molecule has 0 spiro atoms. The quantitative estimate of drug-likeness (QED) is 0.718. The maximum Gasteiger partial charge on any atom is 0.131 e. The molecule has 1 rings (SSSR count). The summed E-state index contributed by atoms with van der Waals surface area (Å²) < 4.78 is 5.19.